The molecule has 0 aromatic heterocycles. The van der Waals surface area contributed by atoms with Crippen molar-refractivity contribution in [2.75, 3.05) is 14.2 Å². The number of amides is 1. The van der Waals surface area contributed by atoms with Crippen LogP contribution in [0.1, 0.15) is 26.2 Å². The van der Waals surface area contributed by atoms with Crippen LogP contribution >= 0.6 is 0 Å². The van der Waals surface area contributed by atoms with E-state index in [0.29, 0.717) is 19.3 Å². The Morgan fingerprint density at radius 2 is 2.07 bits per heavy atom. The third-order valence-corrected chi connectivity index (χ3v) is 2.07. The molecule has 1 atom stereocenters. The molecule has 1 N–H and O–H groups in total. The summed E-state index contributed by atoms with van der Waals surface area (Å²) in [7, 11) is 2.95. The van der Waals surface area contributed by atoms with Gasteiger partial charge in [-0.25, -0.2) is 5.06 Å². The Bertz CT molecular complexity index is 205. The lowest BCUT2D eigenvalue weighted by atomic mass is 10.0. The summed E-state index contributed by atoms with van der Waals surface area (Å²) < 4.78 is 0. The first-order valence-corrected chi connectivity index (χ1v) is 4.52. The van der Waals surface area contributed by atoms with Crippen molar-refractivity contribution in [2.24, 2.45) is 5.92 Å². The quantitative estimate of drug-likeness (QED) is 0.651. The molecule has 14 heavy (non-hydrogen) atoms. The molecular weight excluding hydrogens is 186 g/mol. The van der Waals surface area contributed by atoms with Crippen LogP contribution in [0.4, 0.5) is 0 Å². The smallest absolute Gasteiger partial charge is 0.306 e. The van der Waals surface area contributed by atoms with Gasteiger partial charge in [0.15, 0.2) is 0 Å². The second-order valence-electron chi connectivity index (χ2n) is 3.21. The second kappa shape index (κ2) is 6.37. The monoisotopic (exact) mass is 203 g/mol. The highest BCUT2D eigenvalue weighted by Crippen LogP contribution is 2.08. The fourth-order valence-corrected chi connectivity index (χ4v) is 0.942. The van der Waals surface area contributed by atoms with Gasteiger partial charge in [-0.1, -0.05) is 6.92 Å². The molecule has 5 nitrogen and oxygen atoms in total. The van der Waals surface area contributed by atoms with E-state index in [2.05, 4.69) is 4.84 Å². The summed E-state index contributed by atoms with van der Waals surface area (Å²) in [4.78, 5) is 26.3. The summed E-state index contributed by atoms with van der Waals surface area (Å²) in [5.74, 6) is -1.35. The number of carbonyl (C=O) groups is 2. The second-order valence-corrected chi connectivity index (χ2v) is 3.21. The molecule has 1 unspecified atom stereocenters. The number of nitrogens with zero attached hydrogens (tertiary/aromatic N) is 1. The highest BCUT2D eigenvalue weighted by Gasteiger charge is 2.12. The Morgan fingerprint density at radius 3 is 2.50 bits per heavy atom. The van der Waals surface area contributed by atoms with Crippen LogP contribution in [-0.2, 0) is 14.4 Å². The number of carboxylic acids is 1. The SMILES string of the molecule is CON(C)C(=O)CCCC(C)C(=O)O. The number of hydroxylamine groups is 2. The van der Waals surface area contributed by atoms with Gasteiger partial charge >= 0.3 is 5.97 Å². The Hall–Kier alpha value is -1.10. The van der Waals surface area contributed by atoms with Crippen LogP contribution in [0.5, 0.6) is 0 Å². The lowest BCUT2D eigenvalue weighted by Gasteiger charge is -2.13. The zero-order chi connectivity index (χ0) is 11.1. The van der Waals surface area contributed by atoms with Crippen molar-refractivity contribution >= 4 is 11.9 Å². The van der Waals surface area contributed by atoms with Crippen LogP contribution in [0, 0.1) is 5.92 Å². The van der Waals surface area contributed by atoms with E-state index in [0.717, 1.165) is 5.06 Å². The van der Waals surface area contributed by atoms with Crippen molar-refractivity contribution in [3.63, 3.8) is 0 Å². The van der Waals surface area contributed by atoms with Crippen LogP contribution in [0.25, 0.3) is 0 Å². The average Bonchev–Trinajstić information content (AvgIpc) is 2.15. The Morgan fingerprint density at radius 1 is 1.50 bits per heavy atom. The van der Waals surface area contributed by atoms with Gasteiger partial charge in [0.1, 0.15) is 0 Å². The van der Waals surface area contributed by atoms with Crippen LogP contribution < -0.4 is 0 Å². The van der Waals surface area contributed by atoms with E-state index in [9.17, 15) is 9.59 Å². The lowest BCUT2D eigenvalue weighted by Crippen LogP contribution is -2.25. The molecule has 0 aromatic carbocycles. The van der Waals surface area contributed by atoms with E-state index in [-0.39, 0.29) is 5.91 Å². The molecule has 0 spiro atoms. The predicted octanol–water partition coefficient (Wildman–Crippen LogP) is 0.897. The molecule has 1 amide bonds. The van der Waals surface area contributed by atoms with Crippen molar-refractivity contribution in [1.82, 2.24) is 5.06 Å². The first-order chi connectivity index (χ1) is 6.49. The zero-order valence-electron chi connectivity index (χ0n) is 8.82. The van der Waals surface area contributed by atoms with Crippen molar-refractivity contribution in [1.29, 1.82) is 0 Å². The molecule has 82 valence electrons. The summed E-state index contributed by atoms with van der Waals surface area (Å²) in [6, 6.07) is 0. The summed E-state index contributed by atoms with van der Waals surface area (Å²) in [6.45, 7) is 1.63. The summed E-state index contributed by atoms with van der Waals surface area (Å²) in [6.07, 6.45) is 1.40. The Labute approximate surface area is 83.6 Å². The van der Waals surface area contributed by atoms with E-state index >= 15 is 0 Å². The minimum atomic E-state index is -0.822. The number of hydrogen-bond acceptors (Lipinski definition) is 3. The average molecular weight is 203 g/mol. The molecule has 0 saturated carbocycles. The normalized spacial score (nSPS) is 12.2. The van der Waals surface area contributed by atoms with Crippen LogP contribution in [0.3, 0.4) is 0 Å². The lowest BCUT2D eigenvalue weighted by molar-refractivity contribution is -0.168. The molecule has 0 aliphatic heterocycles. The van der Waals surface area contributed by atoms with Crippen molar-refractivity contribution < 1.29 is 19.5 Å². The van der Waals surface area contributed by atoms with Gasteiger partial charge in [0.05, 0.1) is 13.0 Å². The van der Waals surface area contributed by atoms with Gasteiger partial charge in [0.25, 0.3) is 0 Å². The van der Waals surface area contributed by atoms with Gasteiger partial charge in [-0.3, -0.25) is 14.4 Å². The van der Waals surface area contributed by atoms with E-state index in [1.165, 1.54) is 14.2 Å². The molecule has 0 rings (SSSR count). The molecule has 5 heteroatoms. The fourth-order valence-electron chi connectivity index (χ4n) is 0.942. The predicted molar refractivity (Wildman–Crippen MR) is 50.4 cm³/mol. The minimum absolute atomic E-state index is 0.134. The standard InChI is InChI=1S/C9H17NO4/c1-7(9(12)13)5-4-6-8(11)10(2)14-3/h7H,4-6H2,1-3H3,(H,12,13). The number of rotatable bonds is 6. The van der Waals surface area contributed by atoms with Crippen molar-refractivity contribution in [2.45, 2.75) is 26.2 Å². The first-order valence-electron chi connectivity index (χ1n) is 4.52. The van der Waals surface area contributed by atoms with Crippen molar-refractivity contribution in [3.8, 4) is 0 Å². The maximum atomic E-state index is 11.2. The first kappa shape index (κ1) is 12.9. The summed E-state index contributed by atoms with van der Waals surface area (Å²) in [5.41, 5.74) is 0. The minimum Gasteiger partial charge on any atom is -0.481 e. The maximum absolute atomic E-state index is 11.2. The maximum Gasteiger partial charge on any atom is 0.306 e. The zero-order valence-corrected chi connectivity index (χ0v) is 8.82. The number of aliphatic carboxylic acids is 1. The Kier molecular flexibility index (Phi) is 5.87. The van der Waals surface area contributed by atoms with Gasteiger partial charge in [0, 0.05) is 13.5 Å². The van der Waals surface area contributed by atoms with E-state index < -0.39 is 11.9 Å². The topological polar surface area (TPSA) is 66.8 Å². The Balaban J connectivity index is 3.64. The highest BCUT2D eigenvalue weighted by molar-refractivity contribution is 5.74. The van der Waals surface area contributed by atoms with Crippen molar-refractivity contribution in [3.05, 3.63) is 0 Å². The van der Waals surface area contributed by atoms with Crippen LogP contribution in [-0.4, -0.2) is 36.2 Å². The van der Waals surface area contributed by atoms with Gasteiger partial charge in [-0.15, -0.1) is 0 Å². The van der Waals surface area contributed by atoms with E-state index in [1.54, 1.807) is 6.92 Å². The summed E-state index contributed by atoms with van der Waals surface area (Å²) in [5, 5.41) is 9.73. The number of carbonyl (C=O) groups excluding carboxylic acids is 1. The number of carboxylic acid groups (broad SMARTS) is 1. The van der Waals surface area contributed by atoms with E-state index in [1.807, 2.05) is 0 Å². The third-order valence-electron chi connectivity index (χ3n) is 2.07. The molecule has 0 aliphatic carbocycles. The summed E-state index contributed by atoms with van der Waals surface area (Å²) >= 11 is 0. The molecular formula is C9H17NO4. The molecule has 0 saturated heterocycles. The van der Waals surface area contributed by atoms with Gasteiger partial charge in [-0.2, -0.15) is 0 Å². The molecule has 0 fully saturated rings. The van der Waals surface area contributed by atoms with Gasteiger partial charge in [0.2, 0.25) is 5.91 Å². The van der Waals surface area contributed by atoms with Gasteiger partial charge in [-0.05, 0) is 12.8 Å². The number of hydrogen-bond donors (Lipinski definition) is 1. The molecule has 0 radical (unpaired) electrons. The molecule has 0 aliphatic rings. The molecule has 0 bridgehead atoms. The largest absolute Gasteiger partial charge is 0.481 e. The fraction of sp³-hybridized carbons (Fsp3) is 0.778. The highest BCUT2D eigenvalue weighted by atomic mass is 16.7. The van der Waals surface area contributed by atoms with Crippen LogP contribution in [0.2, 0.25) is 0 Å². The van der Waals surface area contributed by atoms with Crippen LogP contribution in [0.15, 0.2) is 0 Å². The molecule has 0 heterocycles. The van der Waals surface area contributed by atoms with Gasteiger partial charge < -0.3 is 5.11 Å². The molecule has 0 aromatic rings. The third kappa shape index (κ3) is 4.81. The van der Waals surface area contributed by atoms with E-state index in [4.69, 9.17) is 5.11 Å².